The van der Waals surface area contributed by atoms with Gasteiger partial charge in [0.25, 0.3) is 11.8 Å². The molecule has 7 aromatic carbocycles. The molecule has 0 aromatic heterocycles. The Balaban J connectivity index is 0.000000163. The summed E-state index contributed by atoms with van der Waals surface area (Å²) < 4.78 is 0. The van der Waals surface area contributed by atoms with Crippen LogP contribution >= 0.6 is 11.6 Å². The van der Waals surface area contributed by atoms with Crippen molar-refractivity contribution in [2.75, 3.05) is 32.9 Å². The van der Waals surface area contributed by atoms with Crippen LogP contribution < -0.4 is 0 Å². The first kappa shape index (κ1) is 53.2. The molecule has 2 aliphatic rings. The van der Waals surface area contributed by atoms with Crippen LogP contribution in [0.4, 0.5) is 0 Å². The Morgan fingerprint density at radius 1 is 0.638 bits per heavy atom. The van der Waals surface area contributed by atoms with Crippen molar-refractivity contribution in [3.8, 4) is 5.75 Å². The van der Waals surface area contributed by atoms with Crippen LogP contribution in [-0.4, -0.2) is 97.9 Å². The Bertz CT molecular complexity index is 2750. The van der Waals surface area contributed by atoms with Crippen molar-refractivity contribution in [3.05, 3.63) is 196 Å². The lowest BCUT2D eigenvalue weighted by Crippen LogP contribution is -2.37. The zero-order valence-corrected chi connectivity index (χ0v) is 40.2. The van der Waals surface area contributed by atoms with Crippen LogP contribution in [0, 0.1) is 0 Å². The topological polar surface area (TPSA) is 171 Å². The first-order chi connectivity index (χ1) is 33.4. The van der Waals surface area contributed by atoms with Crippen molar-refractivity contribution in [3.63, 3.8) is 0 Å². The van der Waals surface area contributed by atoms with E-state index in [1.807, 2.05) is 67.6 Å². The summed E-state index contributed by atoms with van der Waals surface area (Å²) in [5.41, 5.74) is 6.11. The summed E-state index contributed by atoms with van der Waals surface area (Å²) in [4.78, 5) is 36.0. The van der Waals surface area contributed by atoms with Gasteiger partial charge in [-0.2, -0.15) is 5.10 Å². The number of phenolic OH excluding ortho intramolecular Hbond substituents is 1. The molecule has 3 amide bonds. The molecule has 5 N–H and O–H groups in total. The lowest BCUT2D eigenvalue weighted by atomic mass is 10.0. The molecule has 11 nitrogen and oxygen atoms in total. The van der Waals surface area contributed by atoms with Crippen LogP contribution in [0.5, 0.6) is 5.75 Å². The third kappa shape index (κ3) is 15.4. The van der Waals surface area contributed by atoms with Crippen molar-refractivity contribution in [2.24, 2.45) is 5.10 Å². The van der Waals surface area contributed by atoms with E-state index in [2.05, 4.69) is 73.5 Å². The standard InChI is InChI=1S/C14H17ClN2O2.2C12H12O.C10H9NO3.C9H12O/c1-2-12(18)9-17-14(19)8-7-13(16-17)10-3-5-11(15)6-4-10;13-9-8-11-6-3-5-10-4-1-2-7-12(10)11;13-8-7-10-5-6-11-3-1-2-4-12(11)9-10;12-6-5-11-9(13)7-3-1-2-4-8(7)10(11)14;1-7(2)8-5-3-4-6-9(8)10/h3-6,12,18H,2,7-9H2,1H3;1-7,13H,8-9H2;1-6,9,13H,7-8H2;1-4,12H,5-6H2;3-7,10H,1-2H3. The number of phenols is 1. The lowest BCUT2D eigenvalue weighted by Gasteiger charge is -2.25. The second kappa shape index (κ2) is 27.3. The van der Waals surface area contributed by atoms with Crippen LogP contribution in [0.25, 0.3) is 21.5 Å². The van der Waals surface area contributed by atoms with Crippen LogP contribution in [0.2, 0.25) is 5.02 Å². The van der Waals surface area contributed by atoms with Crippen molar-refractivity contribution in [2.45, 2.75) is 64.9 Å². The Hall–Kier alpha value is -6.73. The van der Waals surface area contributed by atoms with E-state index in [1.165, 1.54) is 37.7 Å². The quantitative estimate of drug-likeness (QED) is 0.0798. The largest absolute Gasteiger partial charge is 0.508 e. The number of amides is 3. The number of carbonyl (C=O) groups is 3. The summed E-state index contributed by atoms with van der Waals surface area (Å²) in [5, 5.41) is 56.7. The van der Waals surface area contributed by atoms with Gasteiger partial charge in [0.05, 0.1) is 42.6 Å². The first-order valence-corrected chi connectivity index (χ1v) is 23.6. The molecule has 1 unspecified atom stereocenters. The maximum absolute atomic E-state index is 11.8. The van der Waals surface area contributed by atoms with Gasteiger partial charge in [-0.25, -0.2) is 5.01 Å². The Kier molecular flexibility index (Phi) is 21.1. The number of halogens is 1. The van der Waals surface area contributed by atoms with Gasteiger partial charge in [0.15, 0.2) is 0 Å². The summed E-state index contributed by atoms with van der Waals surface area (Å²) >= 11 is 5.85. The van der Waals surface area contributed by atoms with Gasteiger partial charge in [0, 0.05) is 31.1 Å². The predicted octanol–water partition coefficient (Wildman–Crippen LogP) is 9.98. The van der Waals surface area contributed by atoms with E-state index in [-0.39, 0.29) is 50.6 Å². The van der Waals surface area contributed by atoms with E-state index in [9.17, 15) is 24.6 Å². The minimum absolute atomic E-state index is 0.0368. The molecule has 360 valence electrons. The number of fused-ring (bicyclic) bond motifs is 3. The molecule has 0 spiro atoms. The minimum atomic E-state index is -0.530. The van der Waals surface area contributed by atoms with Crippen molar-refractivity contribution >= 4 is 56.6 Å². The number of hydrazone groups is 1. The van der Waals surface area contributed by atoms with Crippen molar-refractivity contribution in [1.29, 1.82) is 0 Å². The molecule has 1 atom stereocenters. The Morgan fingerprint density at radius 3 is 1.84 bits per heavy atom. The molecular weight excluding hydrogens is 890 g/mol. The number of nitrogens with zero attached hydrogens (tertiary/aromatic N) is 3. The highest BCUT2D eigenvalue weighted by Gasteiger charge is 2.34. The number of carbonyl (C=O) groups excluding carboxylic acids is 3. The second-order valence-corrected chi connectivity index (χ2v) is 17.0. The molecule has 0 saturated carbocycles. The average Bonchev–Trinajstić information content (AvgIpc) is 3.61. The Labute approximate surface area is 409 Å². The minimum Gasteiger partial charge on any atom is -0.508 e. The molecule has 7 aromatic rings. The molecule has 0 bridgehead atoms. The third-order valence-corrected chi connectivity index (χ3v) is 11.6. The summed E-state index contributed by atoms with van der Waals surface area (Å²) in [6.07, 6.45) is 2.61. The van der Waals surface area contributed by atoms with E-state index in [0.717, 1.165) is 34.6 Å². The highest BCUT2D eigenvalue weighted by molar-refractivity contribution is 6.30. The average molecular weight is 953 g/mol. The van der Waals surface area contributed by atoms with Gasteiger partial charge < -0.3 is 25.5 Å². The van der Waals surface area contributed by atoms with Gasteiger partial charge in [0.2, 0.25) is 5.91 Å². The fourth-order valence-corrected chi connectivity index (χ4v) is 7.72. The normalized spacial score (nSPS) is 13.2. The number of benzene rings is 7. The first-order valence-electron chi connectivity index (χ1n) is 23.2. The molecule has 2 aliphatic heterocycles. The van der Waals surface area contributed by atoms with Gasteiger partial charge in [-0.15, -0.1) is 0 Å². The van der Waals surface area contributed by atoms with Crippen LogP contribution in [0.1, 0.15) is 88.9 Å². The number of aliphatic hydroxyl groups is 4. The van der Waals surface area contributed by atoms with E-state index in [4.69, 9.17) is 26.9 Å². The number of para-hydroxylation sites is 1. The molecule has 12 heteroatoms. The SMILES string of the molecule is CC(C)c1ccccc1O.CCC(O)CN1N=C(c2ccc(Cl)cc2)CCC1=O.O=C1c2ccccc2C(=O)N1CCO.OCCc1ccc2ccccc2c1.OCCc1cccc2ccccc12. The van der Waals surface area contributed by atoms with Gasteiger partial charge in [-0.05, 0) is 99.3 Å². The fourth-order valence-electron chi connectivity index (χ4n) is 7.59. The van der Waals surface area contributed by atoms with Crippen molar-refractivity contribution in [1.82, 2.24) is 9.91 Å². The number of rotatable bonds is 11. The number of β-amino-alcohol motifs (C(OH)–C–C–N with tert-alkyl or cyclic N) is 2. The molecule has 0 radical (unpaired) electrons. The summed E-state index contributed by atoms with van der Waals surface area (Å²) in [6.45, 7) is 6.56. The Morgan fingerprint density at radius 2 is 1.23 bits per heavy atom. The molecule has 0 saturated heterocycles. The number of aliphatic hydroxyl groups excluding tert-OH is 4. The zero-order valence-electron chi connectivity index (χ0n) is 39.4. The highest BCUT2D eigenvalue weighted by atomic mass is 35.5. The maximum Gasteiger partial charge on any atom is 0.261 e. The van der Waals surface area contributed by atoms with E-state index >= 15 is 0 Å². The molecule has 69 heavy (non-hydrogen) atoms. The van der Waals surface area contributed by atoms with E-state index in [0.29, 0.717) is 47.1 Å². The van der Waals surface area contributed by atoms with Crippen LogP contribution in [0.3, 0.4) is 0 Å². The van der Waals surface area contributed by atoms with E-state index < -0.39 is 6.10 Å². The molecule has 9 rings (SSSR count). The summed E-state index contributed by atoms with van der Waals surface area (Å²) in [5.74, 6) is 0.128. The molecular formula is C57H62ClN3O8. The number of aromatic hydroxyl groups is 1. The summed E-state index contributed by atoms with van der Waals surface area (Å²) in [7, 11) is 0. The fraction of sp³-hybridized carbons (Fsp3) is 0.263. The molecule has 0 fully saturated rings. The predicted molar refractivity (Wildman–Crippen MR) is 276 cm³/mol. The lowest BCUT2D eigenvalue weighted by molar-refractivity contribution is -0.133. The molecule has 2 heterocycles. The number of hydrogen-bond donors (Lipinski definition) is 5. The van der Waals surface area contributed by atoms with Crippen LogP contribution in [-0.2, 0) is 17.6 Å². The summed E-state index contributed by atoms with van der Waals surface area (Å²) in [6, 6.07) is 50.5. The highest BCUT2D eigenvalue weighted by Crippen LogP contribution is 2.25. The number of imide groups is 1. The monoisotopic (exact) mass is 951 g/mol. The molecule has 0 aliphatic carbocycles. The van der Waals surface area contributed by atoms with Gasteiger partial charge in [0.1, 0.15) is 5.75 Å². The van der Waals surface area contributed by atoms with Crippen molar-refractivity contribution < 1.29 is 39.9 Å². The third-order valence-electron chi connectivity index (χ3n) is 11.4. The van der Waals surface area contributed by atoms with Crippen LogP contribution in [0.15, 0.2) is 163 Å². The van der Waals surface area contributed by atoms with Gasteiger partial charge >= 0.3 is 0 Å². The smallest absolute Gasteiger partial charge is 0.261 e. The zero-order chi connectivity index (χ0) is 49.7. The second-order valence-electron chi connectivity index (χ2n) is 16.6. The van der Waals surface area contributed by atoms with Gasteiger partial charge in [-0.3, -0.25) is 19.3 Å². The maximum atomic E-state index is 11.8. The van der Waals surface area contributed by atoms with Gasteiger partial charge in [-0.1, -0.05) is 160 Å². The number of hydrogen-bond acceptors (Lipinski definition) is 9. The van der Waals surface area contributed by atoms with E-state index in [1.54, 1.807) is 42.5 Å².